The minimum Gasteiger partial charge on any atom is -0.497 e. The number of H-pyrrole nitrogens is 1. The average molecular weight is 389 g/mol. The number of methoxy groups -OCH3 is 1. The first kappa shape index (κ1) is 18.3. The van der Waals surface area contributed by atoms with E-state index < -0.39 is 5.91 Å². The molecule has 1 aromatic carbocycles. The van der Waals surface area contributed by atoms with Gasteiger partial charge in [0.05, 0.1) is 18.5 Å². The third-order valence-corrected chi connectivity index (χ3v) is 4.32. The summed E-state index contributed by atoms with van der Waals surface area (Å²) >= 11 is 17.7. The molecule has 1 heterocycles. The van der Waals surface area contributed by atoms with E-state index in [0.29, 0.717) is 11.5 Å². The van der Waals surface area contributed by atoms with Gasteiger partial charge in [0.1, 0.15) is 15.8 Å². The monoisotopic (exact) mass is 387 g/mol. The minimum atomic E-state index is -0.604. The number of amides is 1. The number of benzene rings is 1. The third-order valence-electron chi connectivity index (χ3n) is 3.16. The number of ether oxygens (including phenoxy) is 1. The first-order valence-corrected chi connectivity index (χ1v) is 7.82. The molecule has 0 bridgehead atoms. The number of nitrogen functional groups attached to an aromatic ring is 1. The van der Waals surface area contributed by atoms with E-state index in [-0.39, 0.29) is 26.6 Å². The standard InChI is InChI=1S/C15H13Cl3N4O2/c1-7(8-4-3-5-9(6-8)24-2)21-22-15(23)13-10(16)12(19)11(17)14(18)20-13/h3-6H,1-2H3,(H2,19,20)(H,22,23)/p+1/b21-7+. The van der Waals surface area contributed by atoms with E-state index in [1.807, 2.05) is 18.2 Å². The fourth-order valence-corrected chi connectivity index (χ4v) is 2.44. The van der Waals surface area contributed by atoms with Crippen LogP contribution in [0.15, 0.2) is 29.4 Å². The van der Waals surface area contributed by atoms with E-state index in [2.05, 4.69) is 15.5 Å². The number of anilines is 1. The van der Waals surface area contributed by atoms with Crippen molar-refractivity contribution in [2.45, 2.75) is 6.92 Å². The number of aromatic amines is 1. The van der Waals surface area contributed by atoms with E-state index >= 15 is 0 Å². The highest BCUT2D eigenvalue weighted by Gasteiger charge is 2.25. The van der Waals surface area contributed by atoms with Crippen molar-refractivity contribution in [1.29, 1.82) is 0 Å². The molecule has 2 aromatic rings. The molecule has 1 amide bonds. The molecule has 4 N–H and O–H groups in total. The minimum absolute atomic E-state index is 0.0113. The van der Waals surface area contributed by atoms with E-state index in [1.165, 1.54) is 0 Å². The van der Waals surface area contributed by atoms with Crippen molar-refractivity contribution >= 4 is 52.1 Å². The molecule has 9 heteroatoms. The molecule has 0 radical (unpaired) electrons. The van der Waals surface area contributed by atoms with Crippen LogP contribution in [0.5, 0.6) is 5.75 Å². The summed E-state index contributed by atoms with van der Waals surface area (Å²) in [7, 11) is 1.57. The summed E-state index contributed by atoms with van der Waals surface area (Å²) in [5.41, 5.74) is 9.43. The zero-order chi connectivity index (χ0) is 17.9. The van der Waals surface area contributed by atoms with E-state index in [4.69, 9.17) is 45.3 Å². The van der Waals surface area contributed by atoms with Gasteiger partial charge in [-0.1, -0.05) is 35.3 Å². The van der Waals surface area contributed by atoms with E-state index in [9.17, 15) is 4.79 Å². The lowest BCUT2D eigenvalue weighted by Gasteiger charge is -2.05. The van der Waals surface area contributed by atoms with Gasteiger partial charge in [-0.05, 0) is 30.7 Å². The topological polar surface area (TPSA) is 90.8 Å². The Morgan fingerprint density at radius 2 is 2.00 bits per heavy atom. The maximum atomic E-state index is 12.2. The molecule has 6 nitrogen and oxygen atoms in total. The van der Waals surface area contributed by atoms with E-state index in [0.717, 1.165) is 5.56 Å². The summed E-state index contributed by atoms with van der Waals surface area (Å²) < 4.78 is 5.15. The molecule has 0 atom stereocenters. The van der Waals surface area contributed by atoms with Crippen LogP contribution in [0.1, 0.15) is 23.0 Å². The number of halogens is 3. The number of nitrogens with zero attached hydrogens (tertiary/aromatic N) is 1. The van der Waals surface area contributed by atoms with Gasteiger partial charge in [-0.2, -0.15) is 10.1 Å². The average Bonchev–Trinajstić information content (AvgIpc) is 2.60. The Bertz CT molecular complexity index is 825. The van der Waals surface area contributed by atoms with Crippen LogP contribution in [0.4, 0.5) is 5.69 Å². The van der Waals surface area contributed by atoms with Crippen molar-refractivity contribution in [3.05, 3.63) is 50.7 Å². The lowest BCUT2D eigenvalue weighted by molar-refractivity contribution is -0.379. The SMILES string of the molecule is COc1cccc(/C(C)=N/NC(=O)c2[nH+]c(Cl)c(Cl)c(N)c2Cl)c1. The van der Waals surface area contributed by atoms with Crippen molar-refractivity contribution in [1.82, 2.24) is 5.43 Å². The summed E-state index contributed by atoms with van der Waals surface area (Å²) in [6.07, 6.45) is 0. The molecule has 2 rings (SSSR count). The Kier molecular flexibility index (Phi) is 5.88. The van der Waals surface area contributed by atoms with Crippen LogP contribution in [0, 0.1) is 0 Å². The van der Waals surface area contributed by atoms with Gasteiger partial charge in [0.2, 0.25) is 0 Å². The number of nitrogens with two attached hydrogens (primary N) is 1. The van der Waals surface area contributed by atoms with Gasteiger partial charge in [-0.3, -0.25) is 4.79 Å². The molecule has 0 aliphatic carbocycles. The van der Waals surface area contributed by atoms with Crippen LogP contribution in [0.3, 0.4) is 0 Å². The van der Waals surface area contributed by atoms with Gasteiger partial charge in [0.15, 0.2) is 0 Å². The molecule has 0 unspecified atom stereocenters. The highest BCUT2D eigenvalue weighted by Crippen LogP contribution is 2.31. The summed E-state index contributed by atoms with van der Waals surface area (Å²) in [6, 6.07) is 7.26. The van der Waals surface area contributed by atoms with Crippen molar-refractivity contribution in [2.75, 3.05) is 12.8 Å². The van der Waals surface area contributed by atoms with Crippen LogP contribution in [0.25, 0.3) is 0 Å². The summed E-state index contributed by atoms with van der Waals surface area (Å²) in [5.74, 6) is 0.0783. The van der Waals surface area contributed by atoms with Crippen molar-refractivity contribution < 1.29 is 14.5 Å². The normalized spacial score (nSPS) is 11.3. The Labute approximate surface area is 153 Å². The highest BCUT2D eigenvalue weighted by molar-refractivity contribution is 6.45. The number of pyridine rings is 1. The number of carbonyl (C=O) groups excluding carboxylic acids is 1. The van der Waals surface area contributed by atoms with Gasteiger partial charge >= 0.3 is 5.91 Å². The number of carbonyl (C=O) groups is 1. The van der Waals surface area contributed by atoms with Crippen LogP contribution >= 0.6 is 34.8 Å². The molecule has 0 aliphatic rings. The number of hydrogen-bond acceptors (Lipinski definition) is 4. The Balaban J connectivity index is 2.24. The molecular weight excluding hydrogens is 375 g/mol. The third kappa shape index (κ3) is 3.90. The van der Waals surface area contributed by atoms with Crippen molar-refractivity contribution in [3.63, 3.8) is 0 Å². The first-order chi connectivity index (χ1) is 11.3. The largest absolute Gasteiger partial charge is 0.497 e. The zero-order valence-corrected chi connectivity index (χ0v) is 15.1. The molecule has 0 spiro atoms. The highest BCUT2D eigenvalue weighted by atomic mass is 35.5. The fourth-order valence-electron chi connectivity index (χ4n) is 1.83. The van der Waals surface area contributed by atoms with Crippen LogP contribution < -0.4 is 20.9 Å². The van der Waals surface area contributed by atoms with Crippen LogP contribution in [-0.4, -0.2) is 18.7 Å². The molecule has 0 aliphatic heterocycles. The van der Waals surface area contributed by atoms with Crippen molar-refractivity contribution in [3.8, 4) is 5.75 Å². The number of hydrogen-bond donors (Lipinski definition) is 2. The van der Waals surface area contributed by atoms with Gasteiger partial charge in [-0.15, -0.1) is 0 Å². The Morgan fingerprint density at radius 3 is 2.67 bits per heavy atom. The predicted molar refractivity (Wildman–Crippen MR) is 95.1 cm³/mol. The molecule has 0 saturated carbocycles. The van der Waals surface area contributed by atoms with Crippen LogP contribution in [0.2, 0.25) is 15.2 Å². The van der Waals surface area contributed by atoms with Crippen molar-refractivity contribution in [2.24, 2.45) is 5.10 Å². The summed E-state index contributed by atoms with van der Waals surface area (Å²) in [4.78, 5) is 14.8. The summed E-state index contributed by atoms with van der Waals surface area (Å²) in [6.45, 7) is 1.74. The smallest absolute Gasteiger partial charge is 0.337 e. The molecule has 24 heavy (non-hydrogen) atoms. The number of rotatable bonds is 4. The zero-order valence-electron chi connectivity index (χ0n) is 12.8. The van der Waals surface area contributed by atoms with Gasteiger partial charge < -0.3 is 10.5 Å². The lowest BCUT2D eigenvalue weighted by Crippen LogP contribution is -2.29. The quantitative estimate of drug-likeness (QED) is 0.478. The maximum Gasteiger partial charge on any atom is 0.337 e. The Hall–Kier alpha value is -2.02. The second-order valence-corrected chi connectivity index (χ2v) is 5.86. The molecule has 0 fully saturated rings. The second-order valence-electron chi connectivity index (χ2n) is 4.73. The van der Waals surface area contributed by atoms with Gasteiger partial charge in [0.25, 0.3) is 10.8 Å². The first-order valence-electron chi connectivity index (χ1n) is 6.69. The molecule has 0 saturated heterocycles. The lowest BCUT2D eigenvalue weighted by atomic mass is 10.1. The molecule has 1 aromatic heterocycles. The number of hydrazone groups is 1. The second kappa shape index (κ2) is 7.70. The fraction of sp³-hybridized carbons (Fsp3) is 0.133. The predicted octanol–water partition coefficient (Wildman–Crippen LogP) is 3.21. The molecule has 126 valence electrons. The number of nitrogens with one attached hydrogen (secondary N) is 2. The summed E-state index contributed by atoms with van der Waals surface area (Å²) in [5, 5.41) is 4.07. The van der Waals surface area contributed by atoms with E-state index in [1.54, 1.807) is 20.1 Å². The van der Waals surface area contributed by atoms with Crippen LogP contribution in [-0.2, 0) is 0 Å². The Morgan fingerprint density at radius 1 is 1.29 bits per heavy atom. The molecular formula is C15H14Cl3N4O2+. The maximum absolute atomic E-state index is 12.2. The van der Waals surface area contributed by atoms with Gasteiger partial charge in [0, 0.05) is 5.56 Å². The van der Waals surface area contributed by atoms with Gasteiger partial charge in [-0.25, -0.2) is 5.43 Å². The number of aromatic nitrogens is 1.